The van der Waals surface area contributed by atoms with Crippen molar-refractivity contribution in [2.24, 2.45) is 17.8 Å². The Hall–Kier alpha value is -2.53. The van der Waals surface area contributed by atoms with E-state index in [9.17, 15) is 29.1 Å². The smallest absolute Gasteiger partial charge is 0.242 e. The quantitative estimate of drug-likeness (QED) is 0.113. The minimum absolute atomic E-state index is 0.0879. The molecule has 1 rings (SSSR count). The van der Waals surface area contributed by atoms with Gasteiger partial charge in [-0.25, -0.2) is 0 Å². The number of likely N-dealkylation sites (tertiary alicyclic amines) is 1. The molecule has 0 aromatic rings. The summed E-state index contributed by atoms with van der Waals surface area (Å²) in [4.78, 5) is 61.4. The van der Waals surface area contributed by atoms with Crippen molar-refractivity contribution in [3.63, 3.8) is 0 Å². The number of nitrogens with zero attached hydrogens (tertiary/aromatic N) is 1. The van der Waals surface area contributed by atoms with Gasteiger partial charge in [0.05, 0.1) is 13.1 Å². The maximum atomic E-state index is 12.3. The summed E-state index contributed by atoms with van der Waals surface area (Å²) in [7, 11) is 0. The number of unbranched alkanes of at least 4 members (excludes halogenated alkanes) is 2. The molecular formula is C24H43N5O6. The van der Waals surface area contributed by atoms with E-state index < -0.39 is 24.1 Å². The van der Waals surface area contributed by atoms with Crippen molar-refractivity contribution in [1.82, 2.24) is 26.2 Å². The van der Waals surface area contributed by atoms with Crippen molar-refractivity contribution in [3.8, 4) is 0 Å². The van der Waals surface area contributed by atoms with Crippen molar-refractivity contribution in [2.75, 3.05) is 26.2 Å². The molecule has 11 heteroatoms. The summed E-state index contributed by atoms with van der Waals surface area (Å²) in [5.74, 6) is -1.20. The molecule has 0 aromatic carbocycles. The van der Waals surface area contributed by atoms with Gasteiger partial charge in [-0.05, 0) is 38.0 Å². The number of carbonyl (C=O) groups is 5. The molecule has 1 fully saturated rings. The van der Waals surface area contributed by atoms with Gasteiger partial charge in [-0.3, -0.25) is 34.2 Å². The molecular weight excluding hydrogens is 454 g/mol. The van der Waals surface area contributed by atoms with Crippen LogP contribution in [0, 0.1) is 17.8 Å². The largest absolute Gasteiger partial charge is 0.379 e. The summed E-state index contributed by atoms with van der Waals surface area (Å²) in [6.45, 7) is 9.91. The van der Waals surface area contributed by atoms with Crippen LogP contribution in [-0.4, -0.2) is 78.0 Å². The van der Waals surface area contributed by atoms with Crippen LogP contribution in [0.3, 0.4) is 0 Å². The second kappa shape index (κ2) is 15.5. The topological polar surface area (TPSA) is 157 Å². The first-order valence-corrected chi connectivity index (χ1v) is 12.5. The molecule has 1 saturated heterocycles. The number of carbonyl (C=O) groups excluding carboxylic acids is 5. The van der Waals surface area contributed by atoms with E-state index >= 15 is 0 Å². The van der Waals surface area contributed by atoms with E-state index in [0.29, 0.717) is 38.3 Å². The van der Waals surface area contributed by atoms with Crippen LogP contribution < -0.4 is 21.3 Å². The van der Waals surface area contributed by atoms with Gasteiger partial charge in [-0.2, -0.15) is 0 Å². The van der Waals surface area contributed by atoms with Crippen molar-refractivity contribution < 1.29 is 29.1 Å². The number of nitrogens with one attached hydrogen (secondary N) is 4. The van der Waals surface area contributed by atoms with E-state index in [2.05, 4.69) is 21.3 Å². The SMILES string of the molecule is CC(C)CNC(=O)CNC(=O)C(C)NC(=O)CNC(O)CCCCCN1C(=O)CC(C(C)C)C1=O. The molecule has 3 unspecified atom stereocenters. The Morgan fingerprint density at radius 2 is 1.66 bits per heavy atom. The van der Waals surface area contributed by atoms with Crippen molar-refractivity contribution in [1.29, 1.82) is 0 Å². The Balaban J connectivity index is 2.16. The number of amides is 5. The van der Waals surface area contributed by atoms with Gasteiger partial charge in [0.25, 0.3) is 0 Å². The number of rotatable bonds is 16. The predicted octanol–water partition coefficient (Wildman–Crippen LogP) is -0.121. The molecule has 200 valence electrons. The maximum absolute atomic E-state index is 12.3. The van der Waals surface area contributed by atoms with Crippen molar-refractivity contribution >= 4 is 29.5 Å². The van der Waals surface area contributed by atoms with E-state index in [1.165, 1.54) is 11.8 Å². The minimum atomic E-state index is -0.894. The molecule has 0 spiro atoms. The molecule has 5 N–H and O–H groups in total. The van der Waals surface area contributed by atoms with Crippen LogP contribution in [0.2, 0.25) is 0 Å². The number of imide groups is 1. The van der Waals surface area contributed by atoms with Gasteiger partial charge < -0.3 is 21.1 Å². The lowest BCUT2D eigenvalue weighted by Crippen LogP contribution is -2.50. The summed E-state index contributed by atoms with van der Waals surface area (Å²) in [6, 6.07) is -0.828. The van der Waals surface area contributed by atoms with Crippen LogP contribution in [0.25, 0.3) is 0 Å². The molecule has 1 aliphatic rings. The van der Waals surface area contributed by atoms with E-state index in [1.807, 2.05) is 27.7 Å². The summed E-state index contributed by atoms with van der Waals surface area (Å²) in [5.41, 5.74) is 0. The molecule has 1 heterocycles. The van der Waals surface area contributed by atoms with Crippen LogP contribution in [0.1, 0.15) is 66.7 Å². The molecule has 35 heavy (non-hydrogen) atoms. The Kier molecular flexibility index (Phi) is 13.5. The molecule has 5 amide bonds. The Bertz CT molecular complexity index is 742. The lowest BCUT2D eigenvalue weighted by atomic mass is 9.94. The highest BCUT2D eigenvalue weighted by molar-refractivity contribution is 6.03. The molecule has 0 saturated carbocycles. The third-order valence-corrected chi connectivity index (χ3v) is 5.84. The second-order valence-electron chi connectivity index (χ2n) is 9.89. The summed E-state index contributed by atoms with van der Waals surface area (Å²) in [5, 5.41) is 20.4. The van der Waals surface area contributed by atoms with Gasteiger partial charge in [0, 0.05) is 25.4 Å². The highest BCUT2D eigenvalue weighted by atomic mass is 16.3. The average Bonchev–Trinajstić information content (AvgIpc) is 3.07. The summed E-state index contributed by atoms with van der Waals surface area (Å²) >= 11 is 0. The van der Waals surface area contributed by atoms with E-state index in [4.69, 9.17) is 0 Å². The van der Waals surface area contributed by atoms with Gasteiger partial charge in [0.15, 0.2) is 0 Å². The highest BCUT2D eigenvalue weighted by Gasteiger charge is 2.39. The first kappa shape index (κ1) is 30.5. The maximum Gasteiger partial charge on any atom is 0.242 e. The van der Waals surface area contributed by atoms with Crippen LogP contribution in [0.5, 0.6) is 0 Å². The lowest BCUT2D eigenvalue weighted by molar-refractivity contribution is -0.139. The van der Waals surface area contributed by atoms with Gasteiger partial charge in [0.2, 0.25) is 29.5 Å². The zero-order valence-electron chi connectivity index (χ0n) is 21.7. The van der Waals surface area contributed by atoms with Crippen molar-refractivity contribution in [3.05, 3.63) is 0 Å². The standard InChI is InChI=1S/C24H43N5O6/c1-15(2)12-25-20(31)13-27-23(34)17(5)28-21(32)14-26-19(30)9-7-6-8-10-29-22(33)11-18(16(3)4)24(29)35/h15-19,26,30H,6-14H2,1-5H3,(H,25,31)(H,27,34)(H,28,32). The third-order valence-electron chi connectivity index (χ3n) is 5.84. The molecule has 3 atom stereocenters. The second-order valence-corrected chi connectivity index (χ2v) is 9.89. The van der Waals surface area contributed by atoms with Crippen LogP contribution in [0.4, 0.5) is 0 Å². The zero-order chi connectivity index (χ0) is 26.5. The van der Waals surface area contributed by atoms with Gasteiger partial charge in [-0.15, -0.1) is 0 Å². The Morgan fingerprint density at radius 3 is 2.26 bits per heavy atom. The molecule has 0 bridgehead atoms. The van der Waals surface area contributed by atoms with Crippen LogP contribution in [-0.2, 0) is 24.0 Å². The molecule has 0 aliphatic carbocycles. The lowest BCUT2D eigenvalue weighted by Gasteiger charge is -2.17. The molecule has 0 radical (unpaired) electrons. The molecule has 0 aromatic heterocycles. The summed E-state index contributed by atoms with van der Waals surface area (Å²) in [6.07, 6.45) is 1.86. The summed E-state index contributed by atoms with van der Waals surface area (Å²) < 4.78 is 0. The van der Waals surface area contributed by atoms with E-state index in [-0.39, 0.29) is 49.1 Å². The number of hydrogen-bond donors (Lipinski definition) is 5. The number of hydrogen-bond acceptors (Lipinski definition) is 7. The monoisotopic (exact) mass is 497 g/mol. The number of aliphatic hydroxyl groups excluding tert-OH is 1. The zero-order valence-corrected chi connectivity index (χ0v) is 21.7. The van der Waals surface area contributed by atoms with Gasteiger partial charge in [0.1, 0.15) is 12.3 Å². The first-order chi connectivity index (χ1) is 16.4. The molecule has 1 aliphatic heterocycles. The van der Waals surface area contributed by atoms with Crippen LogP contribution in [0.15, 0.2) is 0 Å². The highest BCUT2D eigenvalue weighted by Crippen LogP contribution is 2.26. The van der Waals surface area contributed by atoms with Crippen molar-refractivity contribution in [2.45, 2.75) is 79.0 Å². The Labute approximate surface area is 208 Å². The van der Waals surface area contributed by atoms with E-state index in [1.54, 1.807) is 0 Å². The fraction of sp³-hybridized carbons (Fsp3) is 0.792. The number of aliphatic hydroxyl groups is 1. The normalized spacial score (nSPS) is 17.6. The first-order valence-electron chi connectivity index (χ1n) is 12.5. The predicted molar refractivity (Wildman–Crippen MR) is 131 cm³/mol. The molecule has 11 nitrogen and oxygen atoms in total. The average molecular weight is 498 g/mol. The van der Waals surface area contributed by atoms with Gasteiger partial charge >= 0.3 is 0 Å². The minimum Gasteiger partial charge on any atom is -0.379 e. The van der Waals surface area contributed by atoms with Crippen LogP contribution >= 0.6 is 0 Å². The van der Waals surface area contributed by atoms with E-state index in [0.717, 1.165) is 6.42 Å². The fourth-order valence-corrected chi connectivity index (χ4v) is 3.62. The third kappa shape index (κ3) is 11.6. The van der Waals surface area contributed by atoms with Gasteiger partial charge in [-0.1, -0.05) is 34.1 Å². The fourth-order valence-electron chi connectivity index (χ4n) is 3.62. The Morgan fingerprint density at radius 1 is 0.971 bits per heavy atom.